The molecule has 1 heterocycles. The van der Waals surface area contributed by atoms with Crippen molar-refractivity contribution in [1.82, 2.24) is 9.97 Å². The summed E-state index contributed by atoms with van der Waals surface area (Å²) in [6.07, 6.45) is 1.50. The van der Waals surface area contributed by atoms with Crippen molar-refractivity contribution in [1.29, 1.82) is 5.26 Å². The van der Waals surface area contributed by atoms with Crippen LogP contribution in [0.5, 0.6) is 0 Å². The van der Waals surface area contributed by atoms with Crippen molar-refractivity contribution in [2.24, 2.45) is 0 Å². The van der Waals surface area contributed by atoms with Crippen LogP contribution < -0.4 is 5.32 Å². The first-order valence-corrected chi connectivity index (χ1v) is 6.92. The van der Waals surface area contributed by atoms with Gasteiger partial charge in [0.2, 0.25) is 0 Å². The predicted octanol–water partition coefficient (Wildman–Crippen LogP) is 2.57. The predicted molar refractivity (Wildman–Crippen MR) is 85.3 cm³/mol. The van der Waals surface area contributed by atoms with Crippen LogP contribution in [0.3, 0.4) is 0 Å². The monoisotopic (exact) mass is 290 g/mol. The molecule has 0 bridgehead atoms. The third-order valence-electron chi connectivity index (χ3n) is 3.36. The number of rotatable bonds is 4. The van der Waals surface area contributed by atoms with E-state index in [-0.39, 0.29) is 6.61 Å². The van der Waals surface area contributed by atoms with Gasteiger partial charge in [-0.05, 0) is 35.4 Å². The topological polar surface area (TPSA) is 81.8 Å². The van der Waals surface area contributed by atoms with Crippen molar-refractivity contribution >= 4 is 16.7 Å². The highest BCUT2D eigenvalue weighted by atomic mass is 16.3. The highest BCUT2D eigenvalue weighted by Crippen LogP contribution is 2.27. The maximum Gasteiger partial charge on any atom is 0.137 e. The van der Waals surface area contributed by atoms with Gasteiger partial charge in [-0.15, -0.1) is 0 Å². The lowest BCUT2D eigenvalue weighted by Gasteiger charge is -2.09. The second kappa shape index (κ2) is 6.20. The molecule has 0 aliphatic rings. The Bertz CT molecular complexity index is 855. The van der Waals surface area contributed by atoms with E-state index < -0.39 is 0 Å². The van der Waals surface area contributed by atoms with E-state index in [4.69, 9.17) is 10.4 Å². The van der Waals surface area contributed by atoms with Crippen LogP contribution in [0.25, 0.3) is 22.0 Å². The molecule has 2 aromatic carbocycles. The van der Waals surface area contributed by atoms with Gasteiger partial charge in [0.25, 0.3) is 0 Å². The maximum atomic E-state index is 9.02. The van der Waals surface area contributed by atoms with Gasteiger partial charge in [0.1, 0.15) is 12.1 Å². The molecule has 5 nitrogen and oxygen atoms in total. The molecule has 3 rings (SSSR count). The number of fused-ring (bicyclic) bond motifs is 1. The summed E-state index contributed by atoms with van der Waals surface area (Å²) in [5.74, 6) is 0.692. The van der Waals surface area contributed by atoms with Crippen molar-refractivity contribution < 1.29 is 5.11 Å². The molecule has 0 unspecified atom stereocenters. The Morgan fingerprint density at radius 1 is 1.09 bits per heavy atom. The Hall–Kier alpha value is -2.97. The van der Waals surface area contributed by atoms with Gasteiger partial charge in [0.05, 0.1) is 23.8 Å². The number of aliphatic hydroxyl groups is 1. The first-order chi connectivity index (χ1) is 10.8. The van der Waals surface area contributed by atoms with E-state index in [9.17, 15) is 0 Å². The summed E-state index contributed by atoms with van der Waals surface area (Å²) >= 11 is 0. The smallest absolute Gasteiger partial charge is 0.137 e. The number of anilines is 1. The molecule has 0 radical (unpaired) electrons. The molecule has 0 spiro atoms. The SMILES string of the molecule is N#Cc1cccc(-c2ccc3ncnc(NCCO)c3c2)c1. The first kappa shape index (κ1) is 14.0. The summed E-state index contributed by atoms with van der Waals surface area (Å²) in [4.78, 5) is 8.48. The summed E-state index contributed by atoms with van der Waals surface area (Å²) < 4.78 is 0. The standard InChI is InChI=1S/C17H14N4O/c18-10-12-2-1-3-13(8-12)14-4-5-16-15(9-14)17(19-6-7-22)21-11-20-16/h1-5,8-9,11,22H,6-7H2,(H,19,20,21). The van der Waals surface area contributed by atoms with Gasteiger partial charge in [-0.1, -0.05) is 18.2 Å². The average Bonchev–Trinajstić information content (AvgIpc) is 2.59. The molecule has 108 valence electrons. The lowest BCUT2D eigenvalue weighted by atomic mass is 10.0. The van der Waals surface area contributed by atoms with E-state index in [0.717, 1.165) is 22.0 Å². The molecular formula is C17H14N4O. The van der Waals surface area contributed by atoms with E-state index in [1.807, 2.05) is 36.4 Å². The Balaban J connectivity index is 2.10. The fraction of sp³-hybridized carbons (Fsp3) is 0.118. The molecule has 2 N–H and O–H groups in total. The summed E-state index contributed by atoms with van der Waals surface area (Å²) in [6, 6.07) is 15.5. The second-order valence-electron chi connectivity index (χ2n) is 4.80. The Morgan fingerprint density at radius 3 is 2.77 bits per heavy atom. The molecule has 5 heteroatoms. The summed E-state index contributed by atoms with van der Waals surface area (Å²) in [7, 11) is 0. The van der Waals surface area contributed by atoms with Crippen LogP contribution in [0.15, 0.2) is 48.8 Å². The van der Waals surface area contributed by atoms with Crippen molar-refractivity contribution in [3.63, 3.8) is 0 Å². The second-order valence-corrected chi connectivity index (χ2v) is 4.80. The number of aliphatic hydroxyl groups excluding tert-OH is 1. The fourth-order valence-electron chi connectivity index (χ4n) is 2.32. The van der Waals surface area contributed by atoms with Gasteiger partial charge in [-0.2, -0.15) is 5.26 Å². The summed E-state index contributed by atoms with van der Waals surface area (Å²) in [5, 5.41) is 21.9. The van der Waals surface area contributed by atoms with Gasteiger partial charge in [-0.25, -0.2) is 9.97 Å². The molecule has 0 saturated carbocycles. The van der Waals surface area contributed by atoms with Crippen LogP contribution in [0, 0.1) is 11.3 Å². The highest BCUT2D eigenvalue weighted by Gasteiger charge is 2.06. The number of hydrogen-bond donors (Lipinski definition) is 2. The van der Waals surface area contributed by atoms with Crippen LogP contribution in [-0.4, -0.2) is 28.2 Å². The molecule has 0 atom stereocenters. The largest absolute Gasteiger partial charge is 0.395 e. The Labute approximate surface area is 127 Å². The zero-order chi connectivity index (χ0) is 15.4. The van der Waals surface area contributed by atoms with Crippen LogP contribution in [0.4, 0.5) is 5.82 Å². The van der Waals surface area contributed by atoms with E-state index in [1.165, 1.54) is 6.33 Å². The maximum absolute atomic E-state index is 9.02. The number of nitriles is 1. The van der Waals surface area contributed by atoms with Gasteiger partial charge in [0.15, 0.2) is 0 Å². The molecule has 0 amide bonds. The lowest BCUT2D eigenvalue weighted by molar-refractivity contribution is 0.311. The molecule has 3 aromatic rings. The molecule has 22 heavy (non-hydrogen) atoms. The van der Waals surface area contributed by atoms with Crippen molar-refractivity contribution in [3.8, 4) is 17.2 Å². The number of nitrogens with zero attached hydrogens (tertiary/aromatic N) is 3. The molecule has 0 aliphatic heterocycles. The Kier molecular flexibility index (Phi) is 3.95. The van der Waals surface area contributed by atoms with E-state index in [1.54, 1.807) is 6.07 Å². The number of aromatic nitrogens is 2. The average molecular weight is 290 g/mol. The lowest BCUT2D eigenvalue weighted by Crippen LogP contribution is -2.07. The third kappa shape index (κ3) is 2.73. The molecule has 0 aliphatic carbocycles. The molecular weight excluding hydrogens is 276 g/mol. The highest BCUT2D eigenvalue weighted by molar-refractivity contribution is 5.92. The zero-order valence-electron chi connectivity index (χ0n) is 11.8. The van der Waals surface area contributed by atoms with Gasteiger partial charge in [-0.3, -0.25) is 0 Å². The molecule has 0 fully saturated rings. The van der Waals surface area contributed by atoms with E-state index in [0.29, 0.717) is 17.9 Å². The van der Waals surface area contributed by atoms with E-state index >= 15 is 0 Å². The quantitative estimate of drug-likeness (QED) is 0.771. The van der Waals surface area contributed by atoms with E-state index in [2.05, 4.69) is 21.4 Å². The minimum Gasteiger partial charge on any atom is -0.395 e. The fourth-order valence-corrected chi connectivity index (χ4v) is 2.32. The number of benzene rings is 2. The van der Waals surface area contributed by atoms with Crippen LogP contribution in [-0.2, 0) is 0 Å². The first-order valence-electron chi connectivity index (χ1n) is 6.92. The van der Waals surface area contributed by atoms with Crippen molar-refractivity contribution in [2.75, 3.05) is 18.5 Å². The summed E-state index contributed by atoms with van der Waals surface area (Å²) in [6.45, 7) is 0.468. The van der Waals surface area contributed by atoms with Gasteiger partial charge < -0.3 is 10.4 Å². The van der Waals surface area contributed by atoms with Crippen LogP contribution >= 0.6 is 0 Å². The van der Waals surface area contributed by atoms with Gasteiger partial charge >= 0.3 is 0 Å². The summed E-state index contributed by atoms with van der Waals surface area (Å²) in [5.41, 5.74) is 3.42. The van der Waals surface area contributed by atoms with Crippen molar-refractivity contribution in [2.45, 2.75) is 0 Å². The molecule has 0 saturated heterocycles. The number of hydrogen-bond acceptors (Lipinski definition) is 5. The minimum atomic E-state index is 0.0371. The Morgan fingerprint density at radius 2 is 1.95 bits per heavy atom. The van der Waals surface area contributed by atoms with Crippen molar-refractivity contribution in [3.05, 3.63) is 54.4 Å². The molecule has 1 aromatic heterocycles. The number of nitrogens with one attached hydrogen (secondary N) is 1. The van der Waals surface area contributed by atoms with Crippen LogP contribution in [0.1, 0.15) is 5.56 Å². The van der Waals surface area contributed by atoms with Crippen LogP contribution in [0.2, 0.25) is 0 Å². The third-order valence-corrected chi connectivity index (χ3v) is 3.36. The minimum absolute atomic E-state index is 0.0371. The van der Waals surface area contributed by atoms with Gasteiger partial charge in [0, 0.05) is 11.9 Å². The zero-order valence-corrected chi connectivity index (χ0v) is 11.8. The normalized spacial score (nSPS) is 10.4.